The van der Waals surface area contributed by atoms with E-state index in [4.69, 9.17) is 16.2 Å². The Labute approximate surface area is 134 Å². The first kappa shape index (κ1) is 14.0. The first-order valence-electron chi connectivity index (χ1n) is 7.64. The van der Waals surface area contributed by atoms with E-state index in [0.29, 0.717) is 5.56 Å². The van der Waals surface area contributed by atoms with Crippen LogP contribution in [0.15, 0.2) is 47.5 Å². The zero-order chi connectivity index (χ0) is 16.0. The van der Waals surface area contributed by atoms with Crippen LogP contribution in [0.2, 0.25) is 0 Å². The number of rotatable bonds is 1. The van der Waals surface area contributed by atoms with Crippen LogP contribution < -0.4 is 11.5 Å². The first-order chi connectivity index (χ1) is 11.1. The third kappa shape index (κ3) is 1.97. The van der Waals surface area contributed by atoms with Crippen LogP contribution in [0.4, 0.5) is 0 Å². The second-order valence-electron chi connectivity index (χ2n) is 5.93. The number of nitrogens with zero attached hydrogens (tertiary/aromatic N) is 1. The molecule has 1 saturated heterocycles. The lowest BCUT2D eigenvalue weighted by molar-refractivity contribution is 0.0397. The van der Waals surface area contributed by atoms with E-state index in [1.165, 1.54) is 11.1 Å². The third-order valence-electron chi connectivity index (χ3n) is 4.61. The van der Waals surface area contributed by atoms with Gasteiger partial charge < -0.3 is 16.2 Å². The van der Waals surface area contributed by atoms with Crippen LogP contribution >= 0.6 is 0 Å². The van der Waals surface area contributed by atoms with Gasteiger partial charge in [-0.05, 0) is 47.2 Å². The number of carbonyl (C=O) groups excluding carboxylic acids is 1. The summed E-state index contributed by atoms with van der Waals surface area (Å²) >= 11 is 0. The maximum absolute atomic E-state index is 12.1. The minimum absolute atomic E-state index is 0.231. The number of hydrogen-bond donors (Lipinski definition) is 2. The molecule has 1 heterocycles. The van der Waals surface area contributed by atoms with Crippen LogP contribution in [0.3, 0.4) is 0 Å². The Morgan fingerprint density at radius 1 is 1.09 bits per heavy atom. The van der Waals surface area contributed by atoms with Crippen molar-refractivity contribution in [2.45, 2.75) is 18.4 Å². The Morgan fingerprint density at radius 2 is 1.87 bits per heavy atom. The molecule has 0 aromatic heterocycles. The standard InChI is InChI=1S/C18H17N3O2/c19-17(20)21-16(22)11-6-7-13-12-4-1-2-5-14(12)18(15(13)10-11)8-3-9-23-18/h1-2,4-7,10H,3,8-9H2,(H4,19,20,21,22)/t18-/m0/s1. The number of hydrogen-bond acceptors (Lipinski definition) is 2. The molecule has 1 atom stereocenters. The van der Waals surface area contributed by atoms with E-state index in [1.807, 2.05) is 24.3 Å². The predicted octanol–water partition coefficient (Wildman–Crippen LogP) is 2.13. The van der Waals surface area contributed by atoms with Gasteiger partial charge in [0.1, 0.15) is 5.60 Å². The van der Waals surface area contributed by atoms with Gasteiger partial charge in [0.05, 0.1) is 0 Å². The molecule has 2 aliphatic rings. The van der Waals surface area contributed by atoms with Crippen molar-refractivity contribution in [2.24, 2.45) is 16.5 Å². The van der Waals surface area contributed by atoms with Gasteiger partial charge in [0, 0.05) is 12.2 Å². The lowest BCUT2D eigenvalue weighted by atomic mass is 9.88. The van der Waals surface area contributed by atoms with Gasteiger partial charge in [0.15, 0.2) is 5.96 Å². The fourth-order valence-electron chi connectivity index (χ4n) is 3.71. The largest absolute Gasteiger partial charge is 0.370 e. The SMILES string of the molecule is NC(N)=NC(=O)c1ccc2c(c1)[C@]1(CCCO1)c1ccccc1-2. The Bertz CT molecular complexity index is 832. The molecule has 2 aromatic rings. The molecule has 0 bridgehead atoms. The molecular formula is C18H17N3O2. The van der Waals surface area contributed by atoms with E-state index in [2.05, 4.69) is 17.1 Å². The van der Waals surface area contributed by atoms with Crippen LogP contribution in [0.5, 0.6) is 0 Å². The van der Waals surface area contributed by atoms with Crippen molar-refractivity contribution in [1.29, 1.82) is 0 Å². The summed E-state index contributed by atoms with van der Waals surface area (Å²) in [5, 5.41) is 0. The van der Waals surface area contributed by atoms with E-state index < -0.39 is 11.5 Å². The Morgan fingerprint density at radius 3 is 2.61 bits per heavy atom. The maximum Gasteiger partial charge on any atom is 0.280 e. The van der Waals surface area contributed by atoms with Crippen LogP contribution in [0, 0.1) is 0 Å². The molecule has 1 amide bonds. The summed E-state index contributed by atoms with van der Waals surface area (Å²) < 4.78 is 6.17. The molecule has 1 spiro atoms. The lowest BCUT2D eigenvalue weighted by Gasteiger charge is -2.26. The van der Waals surface area contributed by atoms with Gasteiger partial charge >= 0.3 is 0 Å². The van der Waals surface area contributed by atoms with Crippen LogP contribution in [0.1, 0.15) is 34.3 Å². The molecule has 4 N–H and O–H groups in total. The van der Waals surface area contributed by atoms with E-state index in [1.54, 1.807) is 6.07 Å². The summed E-state index contributed by atoms with van der Waals surface area (Å²) in [6.45, 7) is 0.722. The van der Waals surface area contributed by atoms with Gasteiger partial charge in [-0.1, -0.05) is 30.3 Å². The molecule has 4 rings (SSSR count). The van der Waals surface area contributed by atoms with Crippen molar-refractivity contribution in [3.05, 3.63) is 59.2 Å². The molecule has 1 aliphatic carbocycles. The highest BCUT2D eigenvalue weighted by Crippen LogP contribution is 2.54. The molecule has 0 saturated carbocycles. The molecule has 0 radical (unpaired) electrons. The quantitative estimate of drug-likeness (QED) is 0.624. The predicted molar refractivity (Wildman–Crippen MR) is 88.0 cm³/mol. The zero-order valence-corrected chi connectivity index (χ0v) is 12.6. The summed E-state index contributed by atoms with van der Waals surface area (Å²) in [5.41, 5.74) is 15.1. The Hall–Kier alpha value is -2.66. The number of carbonyl (C=O) groups is 1. The monoisotopic (exact) mass is 307 g/mol. The topological polar surface area (TPSA) is 90.7 Å². The first-order valence-corrected chi connectivity index (χ1v) is 7.64. The lowest BCUT2D eigenvalue weighted by Crippen LogP contribution is -2.25. The number of aliphatic imine (C=N–C) groups is 1. The van der Waals surface area contributed by atoms with Gasteiger partial charge in [-0.25, -0.2) is 0 Å². The fourth-order valence-corrected chi connectivity index (χ4v) is 3.71. The van der Waals surface area contributed by atoms with Gasteiger partial charge in [0.2, 0.25) is 0 Å². The average Bonchev–Trinajstić information content (AvgIpc) is 3.13. The number of benzene rings is 2. The van der Waals surface area contributed by atoms with Gasteiger partial charge in [-0.3, -0.25) is 4.79 Å². The number of nitrogens with two attached hydrogens (primary N) is 2. The summed E-state index contributed by atoms with van der Waals surface area (Å²) in [4.78, 5) is 15.8. The van der Waals surface area contributed by atoms with Crippen molar-refractivity contribution in [2.75, 3.05) is 6.61 Å². The molecular weight excluding hydrogens is 290 g/mol. The highest BCUT2D eigenvalue weighted by molar-refractivity contribution is 6.02. The van der Waals surface area contributed by atoms with Gasteiger partial charge in [0.25, 0.3) is 5.91 Å². The average molecular weight is 307 g/mol. The molecule has 0 unspecified atom stereocenters. The van der Waals surface area contributed by atoms with E-state index >= 15 is 0 Å². The molecule has 1 fully saturated rings. The minimum atomic E-state index is -0.444. The summed E-state index contributed by atoms with van der Waals surface area (Å²) in [5.74, 6) is -0.664. The summed E-state index contributed by atoms with van der Waals surface area (Å²) in [6, 6.07) is 13.9. The van der Waals surface area contributed by atoms with Crippen LogP contribution in [-0.4, -0.2) is 18.5 Å². The van der Waals surface area contributed by atoms with Gasteiger partial charge in [-0.15, -0.1) is 0 Å². The minimum Gasteiger partial charge on any atom is -0.370 e. The second kappa shape index (κ2) is 4.93. The van der Waals surface area contributed by atoms with Crippen LogP contribution in [0.25, 0.3) is 11.1 Å². The normalized spacial score (nSPS) is 21.0. The number of guanidine groups is 1. The smallest absolute Gasteiger partial charge is 0.280 e. The van der Waals surface area contributed by atoms with Gasteiger partial charge in [-0.2, -0.15) is 4.99 Å². The van der Waals surface area contributed by atoms with Crippen molar-refractivity contribution in [3.63, 3.8) is 0 Å². The van der Waals surface area contributed by atoms with Crippen molar-refractivity contribution in [1.82, 2.24) is 0 Å². The highest BCUT2D eigenvalue weighted by atomic mass is 16.5. The Kier molecular flexibility index (Phi) is 2.99. The molecule has 2 aromatic carbocycles. The van der Waals surface area contributed by atoms with Crippen LogP contribution in [-0.2, 0) is 10.3 Å². The number of amides is 1. The molecule has 5 nitrogen and oxygen atoms in total. The molecule has 5 heteroatoms. The van der Waals surface area contributed by atoms with E-state index in [0.717, 1.165) is 30.6 Å². The molecule has 1 aliphatic heterocycles. The van der Waals surface area contributed by atoms with E-state index in [-0.39, 0.29) is 5.96 Å². The van der Waals surface area contributed by atoms with E-state index in [9.17, 15) is 4.79 Å². The van der Waals surface area contributed by atoms with Crippen molar-refractivity contribution in [3.8, 4) is 11.1 Å². The highest BCUT2D eigenvalue weighted by Gasteiger charge is 2.46. The maximum atomic E-state index is 12.1. The van der Waals surface area contributed by atoms with Crippen molar-refractivity contribution >= 4 is 11.9 Å². The second-order valence-corrected chi connectivity index (χ2v) is 5.93. The van der Waals surface area contributed by atoms with Crippen molar-refractivity contribution < 1.29 is 9.53 Å². The molecule has 116 valence electrons. The fraction of sp³-hybridized carbons (Fsp3) is 0.222. The Balaban J connectivity index is 1.90. The summed E-state index contributed by atoms with van der Waals surface area (Å²) in [7, 11) is 0. The summed E-state index contributed by atoms with van der Waals surface area (Å²) in [6.07, 6.45) is 1.91. The zero-order valence-electron chi connectivity index (χ0n) is 12.6. The third-order valence-corrected chi connectivity index (χ3v) is 4.61. The molecule has 23 heavy (non-hydrogen) atoms. The number of fused-ring (bicyclic) bond motifs is 5. The number of ether oxygens (including phenoxy) is 1.